The van der Waals surface area contributed by atoms with Crippen molar-refractivity contribution in [2.45, 2.75) is 24.4 Å². The molecule has 12 heteroatoms. The maximum absolute atomic E-state index is 13.1. The number of benzene rings is 2. The average Bonchev–Trinajstić information content (AvgIpc) is 3.49. The molecule has 3 heterocycles. The lowest BCUT2D eigenvalue weighted by atomic mass is 10.1. The van der Waals surface area contributed by atoms with Crippen molar-refractivity contribution in [3.05, 3.63) is 66.1 Å². The molecular weight excluding hydrogens is 508 g/mol. The number of anilines is 2. The topological polar surface area (TPSA) is 100 Å². The highest BCUT2D eigenvalue weighted by atomic mass is 35.5. The fourth-order valence-electron chi connectivity index (χ4n) is 4.37. The van der Waals surface area contributed by atoms with Crippen molar-refractivity contribution in [1.82, 2.24) is 18.8 Å². The highest BCUT2D eigenvalue weighted by Crippen LogP contribution is 2.26. The molecule has 1 amide bonds. The number of piperazine rings is 1. The van der Waals surface area contributed by atoms with E-state index in [0.717, 1.165) is 28.1 Å². The fraction of sp³-hybridized carbons (Fsp3) is 0.261. The van der Waals surface area contributed by atoms with E-state index in [1.54, 1.807) is 24.3 Å². The van der Waals surface area contributed by atoms with Crippen LogP contribution in [0.4, 0.5) is 10.8 Å². The molecule has 0 unspecified atom stereocenters. The van der Waals surface area contributed by atoms with E-state index in [2.05, 4.69) is 19.0 Å². The van der Waals surface area contributed by atoms with E-state index in [1.165, 1.54) is 6.33 Å². The van der Waals surface area contributed by atoms with Crippen LogP contribution in [0.1, 0.15) is 9.78 Å². The van der Waals surface area contributed by atoms with Crippen LogP contribution in [-0.2, 0) is 21.4 Å². The van der Waals surface area contributed by atoms with Crippen LogP contribution >= 0.6 is 23.1 Å². The summed E-state index contributed by atoms with van der Waals surface area (Å²) in [6.07, 6.45) is 3.19. The van der Waals surface area contributed by atoms with Crippen molar-refractivity contribution in [3.63, 3.8) is 0 Å². The Hall–Kier alpha value is -3.15. The number of fused-ring (bicyclic) bond motifs is 1. The number of hydrogen-bond donors (Lipinski definition) is 1. The Morgan fingerprint density at radius 1 is 1.20 bits per heavy atom. The van der Waals surface area contributed by atoms with Crippen molar-refractivity contribution >= 4 is 60.8 Å². The predicted molar refractivity (Wildman–Crippen MR) is 142 cm³/mol. The molecule has 2 aromatic carbocycles. The zero-order chi connectivity index (χ0) is 24.6. The van der Waals surface area contributed by atoms with Gasteiger partial charge in [0.15, 0.2) is 0 Å². The van der Waals surface area contributed by atoms with Crippen molar-refractivity contribution in [2.75, 3.05) is 29.3 Å². The minimum Gasteiger partial charge on any atom is -0.368 e. The second kappa shape index (κ2) is 9.48. The standard InChI is InChI=1S/C23H23ClN6O3S2.2H2/c1-16-13-28(18-5-7-19(8-6-18)35(32,33)27-23-25-15-26-34-23)11-12-30(16)21(31)14-29-10-9-17-3-2-4-20(24)22(17)29;;/h2-10,15-16H,11-14H2,1H3,(H,25,26,27);2*1H/t16-;;/m1../s1. The first-order valence-electron chi connectivity index (χ1n) is 11.0. The molecule has 1 fully saturated rings. The van der Waals surface area contributed by atoms with E-state index in [4.69, 9.17) is 11.6 Å². The lowest BCUT2D eigenvalue weighted by molar-refractivity contribution is -0.134. The average molecular weight is 535 g/mol. The predicted octanol–water partition coefficient (Wildman–Crippen LogP) is 4.18. The number of amides is 1. The number of nitrogens with zero attached hydrogens (tertiary/aromatic N) is 5. The van der Waals surface area contributed by atoms with Crippen molar-refractivity contribution < 1.29 is 16.1 Å². The first kappa shape index (κ1) is 23.6. The summed E-state index contributed by atoms with van der Waals surface area (Å²) in [6, 6.07) is 14.4. The summed E-state index contributed by atoms with van der Waals surface area (Å²) in [5, 5.41) is 1.85. The molecule has 4 aromatic rings. The van der Waals surface area contributed by atoms with Gasteiger partial charge in [-0.2, -0.15) is 4.37 Å². The minimum atomic E-state index is -3.73. The highest BCUT2D eigenvalue weighted by molar-refractivity contribution is 7.93. The summed E-state index contributed by atoms with van der Waals surface area (Å²) in [7, 11) is -3.73. The Balaban J connectivity index is 0.00000190. The molecule has 35 heavy (non-hydrogen) atoms. The second-order valence-electron chi connectivity index (χ2n) is 8.35. The number of halogens is 1. The Kier molecular flexibility index (Phi) is 6.39. The van der Waals surface area contributed by atoms with Gasteiger partial charge in [-0.1, -0.05) is 23.7 Å². The lowest BCUT2D eigenvalue weighted by Crippen LogP contribution is -2.54. The van der Waals surface area contributed by atoms with Crippen LogP contribution in [0.3, 0.4) is 0 Å². The van der Waals surface area contributed by atoms with Gasteiger partial charge in [0.1, 0.15) is 12.9 Å². The summed E-state index contributed by atoms with van der Waals surface area (Å²) < 4.78 is 33.2. The van der Waals surface area contributed by atoms with Crippen LogP contribution in [0.2, 0.25) is 5.02 Å². The molecular formula is C23H27ClN6O3S2. The number of hydrogen-bond acceptors (Lipinski definition) is 7. The second-order valence-corrected chi connectivity index (χ2v) is 11.2. The number of carbonyl (C=O) groups excluding carboxylic acids is 1. The van der Waals surface area contributed by atoms with E-state index < -0.39 is 10.0 Å². The first-order valence-corrected chi connectivity index (χ1v) is 13.6. The van der Waals surface area contributed by atoms with Gasteiger partial charge in [0, 0.05) is 57.3 Å². The SMILES string of the molecule is C[C@@H]1CN(c2ccc(S(=O)(=O)Nc3ncns3)cc2)CCN1C(=O)Cn1ccc2cccc(Cl)c21.[HH].[HH]. The van der Waals surface area contributed by atoms with Crippen molar-refractivity contribution in [1.29, 1.82) is 0 Å². The largest absolute Gasteiger partial charge is 0.368 e. The third-order valence-corrected chi connectivity index (χ3v) is 8.46. The van der Waals surface area contributed by atoms with Crippen LogP contribution in [-0.4, -0.2) is 58.8 Å². The van der Waals surface area contributed by atoms with Crippen LogP contribution in [0.15, 0.2) is 66.0 Å². The van der Waals surface area contributed by atoms with E-state index in [0.29, 0.717) is 24.7 Å². The van der Waals surface area contributed by atoms with Crippen molar-refractivity contribution in [2.24, 2.45) is 0 Å². The first-order chi connectivity index (χ1) is 16.8. The third-order valence-electron chi connectivity index (χ3n) is 6.09. The van der Waals surface area contributed by atoms with E-state index >= 15 is 0 Å². The summed E-state index contributed by atoms with van der Waals surface area (Å²) in [4.78, 5) is 21.2. The van der Waals surface area contributed by atoms with Crippen LogP contribution in [0.5, 0.6) is 0 Å². The third kappa shape index (κ3) is 4.84. The van der Waals surface area contributed by atoms with Crippen LogP contribution in [0.25, 0.3) is 10.9 Å². The van der Waals surface area contributed by atoms with Gasteiger partial charge >= 0.3 is 0 Å². The van der Waals surface area contributed by atoms with Gasteiger partial charge in [-0.05, 0) is 43.3 Å². The van der Waals surface area contributed by atoms with E-state index in [-0.39, 0.29) is 31.4 Å². The summed E-state index contributed by atoms with van der Waals surface area (Å²) in [5.74, 6) is 0.0405. The van der Waals surface area contributed by atoms with Gasteiger partial charge in [-0.25, -0.2) is 13.4 Å². The number of rotatable bonds is 6. The Bertz CT molecular complexity index is 1470. The quantitative estimate of drug-likeness (QED) is 0.398. The molecule has 0 spiro atoms. The maximum Gasteiger partial charge on any atom is 0.263 e. The van der Waals surface area contributed by atoms with Gasteiger partial charge in [0.2, 0.25) is 11.0 Å². The van der Waals surface area contributed by atoms with E-state index in [1.807, 2.05) is 46.9 Å². The molecule has 0 aliphatic carbocycles. The Morgan fingerprint density at radius 3 is 2.71 bits per heavy atom. The highest BCUT2D eigenvalue weighted by Gasteiger charge is 2.28. The molecule has 1 N–H and O–H groups in total. The number of sulfonamides is 1. The number of nitrogens with one attached hydrogen (secondary N) is 1. The van der Waals surface area contributed by atoms with Gasteiger partial charge in [-0.15, -0.1) is 0 Å². The number of aromatic nitrogens is 3. The molecule has 2 aromatic heterocycles. The van der Waals surface area contributed by atoms with Gasteiger partial charge < -0.3 is 14.4 Å². The normalized spacial score (nSPS) is 16.6. The molecule has 1 saturated heterocycles. The zero-order valence-corrected chi connectivity index (χ0v) is 21.2. The number of para-hydroxylation sites is 1. The van der Waals surface area contributed by atoms with Gasteiger partial charge in [-0.3, -0.25) is 9.52 Å². The molecule has 186 valence electrons. The van der Waals surface area contributed by atoms with Gasteiger partial charge in [0.05, 0.1) is 15.4 Å². The van der Waals surface area contributed by atoms with Crippen LogP contribution in [0, 0.1) is 0 Å². The number of carbonyl (C=O) groups is 1. The molecule has 1 atom stereocenters. The maximum atomic E-state index is 13.1. The molecule has 0 saturated carbocycles. The lowest BCUT2D eigenvalue weighted by Gasteiger charge is -2.41. The molecule has 5 rings (SSSR count). The Labute approximate surface area is 215 Å². The molecule has 0 radical (unpaired) electrons. The minimum absolute atomic E-state index is 0. The summed E-state index contributed by atoms with van der Waals surface area (Å²) in [5.41, 5.74) is 1.77. The van der Waals surface area contributed by atoms with Crippen LogP contribution < -0.4 is 9.62 Å². The van der Waals surface area contributed by atoms with Gasteiger partial charge in [0.25, 0.3) is 10.0 Å². The smallest absolute Gasteiger partial charge is 0.263 e. The van der Waals surface area contributed by atoms with Crippen molar-refractivity contribution in [3.8, 4) is 0 Å². The fourth-order valence-corrected chi connectivity index (χ4v) is 6.33. The summed E-state index contributed by atoms with van der Waals surface area (Å²) >= 11 is 7.34. The molecule has 1 aliphatic rings. The monoisotopic (exact) mass is 534 g/mol. The van der Waals surface area contributed by atoms with E-state index in [9.17, 15) is 13.2 Å². The molecule has 0 bridgehead atoms. The zero-order valence-electron chi connectivity index (χ0n) is 18.8. The molecule has 9 nitrogen and oxygen atoms in total. The summed E-state index contributed by atoms with van der Waals surface area (Å²) in [6.45, 7) is 4.12. The Morgan fingerprint density at radius 2 is 2.00 bits per heavy atom. The molecule has 1 aliphatic heterocycles.